The summed E-state index contributed by atoms with van der Waals surface area (Å²) in [5.74, 6) is -2.21. The number of piperidine rings is 4. The Kier molecular flexibility index (Phi) is 16.2. The number of fused-ring (bicyclic) bond motifs is 2. The lowest BCUT2D eigenvalue weighted by molar-refractivity contribution is -0.138. The van der Waals surface area contributed by atoms with Crippen LogP contribution in [-0.2, 0) is 32.3 Å². The number of ketones is 1. The third-order valence-electron chi connectivity index (χ3n) is 14.0. The number of carbonyl (C=O) groups is 7. The molecule has 10 rings (SSSR count). The molecule has 6 amide bonds. The first-order valence-corrected chi connectivity index (χ1v) is 23.4. The molecule has 0 bridgehead atoms. The minimum absolute atomic E-state index is 0. The van der Waals surface area contributed by atoms with Crippen LogP contribution in [-0.4, -0.2) is 100 Å². The zero-order chi connectivity index (χ0) is 48.1. The fraction of sp³-hybridized carbons (Fsp3) is 0.404. The van der Waals surface area contributed by atoms with E-state index in [1.54, 1.807) is 15.9 Å². The Labute approximate surface area is 405 Å². The number of nitrogens with zero attached hydrogens (tertiary/aromatic N) is 3. The highest BCUT2D eigenvalue weighted by molar-refractivity contribution is 6.06. The fourth-order valence-corrected chi connectivity index (χ4v) is 10.2. The Balaban J connectivity index is 0.000000167. The third kappa shape index (κ3) is 11.6. The number of halogens is 4. The van der Waals surface area contributed by atoms with Crippen LogP contribution >= 0.6 is 12.4 Å². The summed E-state index contributed by atoms with van der Waals surface area (Å²) < 4.78 is 35.4. The summed E-state index contributed by atoms with van der Waals surface area (Å²) in [6.07, 6.45) is 1.02. The number of benzene rings is 4. The molecule has 3 N–H and O–H groups in total. The van der Waals surface area contributed by atoms with Crippen molar-refractivity contribution < 1.29 is 46.7 Å². The average Bonchev–Trinajstić information content (AvgIpc) is 3.86. The number of hydrogen-bond donors (Lipinski definition) is 3. The van der Waals surface area contributed by atoms with Gasteiger partial charge in [-0.2, -0.15) is 13.2 Å². The second-order valence-electron chi connectivity index (χ2n) is 18.2. The summed E-state index contributed by atoms with van der Waals surface area (Å²) in [5.41, 5.74) is 6.98. The summed E-state index contributed by atoms with van der Waals surface area (Å²) in [6, 6.07) is 28.8. The van der Waals surface area contributed by atoms with Crippen molar-refractivity contribution >= 4 is 53.6 Å². The van der Waals surface area contributed by atoms with E-state index in [0.29, 0.717) is 54.9 Å². The van der Waals surface area contributed by atoms with E-state index in [4.69, 9.17) is 0 Å². The predicted molar refractivity (Wildman–Crippen MR) is 252 cm³/mol. The maximum Gasteiger partial charge on any atom is 0.454 e. The minimum atomic E-state index is -4.78. The van der Waals surface area contributed by atoms with E-state index >= 15 is 0 Å². The number of amides is 6. The number of alkyl halides is 3. The molecular weight excluding hydrogens is 913 g/mol. The van der Waals surface area contributed by atoms with E-state index in [1.165, 1.54) is 28.8 Å². The van der Waals surface area contributed by atoms with Gasteiger partial charge in [-0.1, -0.05) is 84.9 Å². The van der Waals surface area contributed by atoms with E-state index in [1.807, 2.05) is 12.1 Å². The van der Waals surface area contributed by atoms with Gasteiger partial charge in [-0.25, -0.2) is 0 Å². The molecule has 4 aromatic carbocycles. The van der Waals surface area contributed by atoms with Crippen molar-refractivity contribution in [1.29, 1.82) is 0 Å². The molecule has 0 radical (unpaired) electrons. The quantitative estimate of drug-likeness (QED) is 0.129. The Morgan fingerprint density at radius 3 is 1.51 bits per heavy atom. The van der Waals surface area contributed by atoms with Crippen LogP contribution in [0.25, 0.3) is 0 Å². The number of hydrogen-bond acceptors (Lipinski definition) is 9. The molecule has 69 heavy (non-hydrogen) atoms. The average molecular weight is 970 g/mol. The van der Waals surface area contributed by atoms with Crippen LogP contribution in [0.3, 0.4) is 0 Å². The highest BCUT2D eigenvalue weighted by atomic mass is 35.5. The van der Waals surface area contributed by atoms with Gasteiger partial charge in [0.25, 0.3) is 17.6 Å². The Morgan fingerprint density at radius 1 is 0.609 bits per heavy atom. The largest absolute Gasteiger partial charge is 0.454 e. The molecule has 4 saturated heterocycles. The summed E-state index contributed by atoms with van der Waals surface area (Å²) >= 11 is 0. The van der Waals surface area contributed by atoms with Crippen molar-refractivity contribution in [3.8, 4) is 0 Å². The third-order valence-corrected chi connectivity index (χ3v) is 14.0. The number of rotatable bonds is 7. The zero-order valence-corrected chi connectivity index (χ0v) is 39.1. The van der Waals surface area contributed by atoms with E-state index in [2.05, 4.69) is 82.4 Å². The number of nitrogens with one attached hydrogen (secondary N) is 3. The second kappa shape index (κ2) is 22.0. The number of Topliss-reactive ketones (excluding diaryl/α,β-unsaturated/α-hetero) is 1. The van der Waals surface area contributed by atoms with Crippen LogP contribution in [0.2, 0.25) is 0 Å². The van der Waals surface area contributed by atoms with Gasteiger partial charge in [0.1, 0.15) is 12.1 Å². The van der Waals surface area contributed by atoms with Gasteiger partial charge in [0.05, 0.1) is 0 Å². The van der Waals surface area contributed by atoms with Crippen LogP contribution in [0.15, 0.2) is 97.1 Å². The van der Waals surface area contributed by atoms with E-state index < -0.39 is 24.0 Å². The zero-order valence-electron chi connectivity index (χ0n) is 38.3. The van der Waals surface area contributed by atoms with Gasteiger partial charge in [0, 0.05) is 48.7 Å². The molecule has 3 unspecified atom stereocenters. The van der Waals surface area contributed by atoms with Gasteiger partial charge in [-0.3, -0.25) is 49.1 Å². The molecule has 3 atom stereocenters. The summed E-state index contributed by atoms with van der Waals surface area (Å²) in [6.45, 7) is 7.35. The molecule has 13 nitrogen and oxygen atoms in total. The SMILES string of the molecule is CC(c1ccccc1)N1CCC(c2ccc3c(c2)CN(C2CCC(=O)NC2=O)C3=O)CC1.Cl.O=C(c1ccccc1)C(F)(F)F.O=C1CCC(N2Cc3cc(C4CCNCC4)ccc3C2=O)C(=O)N1. The molecule has 364 valence electrons. The van der Waals surface area contributed by atoms with Crippen molar-refractivity contribution in [1.82, 2.24) is 30.7 Å². The Morgan fingerprint density at radius 2 is 1.06 bits per heavy atom. The molecule has 0 spiro atoms. The van der Waals surface area contributed by atoms with E-state index in [9.17, 15) is 46.7 Å². The fourth-order valence-electron chi connectivity index (χ4n) is 10.2. The van der Waals surface area contributed by atoms with Crippen molar-refractivity contribution in [2.75, 3.05) is 26.2 Å². The summed E-state index contributed by atoms with van der Waals surface area (Å²) in [5, 5.41) is 8.07. The van der Waals surface area contributed by atoms with Crippen molar-refractivity contribution in [2.45, 2.75) is 108 Å². The first-order chi connectivity index (χ1) is 32.7. The highest BCUT2D eigenvalue weighted by Gasteiger charge is 2.42. The standard InChI is InChI=1S/C26H29N3O3.C18H21N3O3.C8H5F3O.ClH/c1-17(18-5-3-2-4-6-18)28-13-11-19(12-14-28)20-7-8-22-21(15-20)16-29(26(22)32)23-9-10-24(30)27-25(23)31;22-16-4-3-15(17(23)20-16)21-10-13-9-12(1-2-14(13)18(21)24)11-5-7-19-8-6-11;9-8(10,11)7(12)6-4-2-1-3-5-6;/h2-8,15,17,19,23H,9-14,16H2,1H3,(H,27,30,31);1-2,9,11,15,19H,3-8,10H2,(H,20,22,23);1-5H;1H. The maximum atomic E-state index is 12.9. The predicted octanol–water partition coefficient (Wildman–Crippen LogP) is 7.16. The Hall–Kier alpha value is -6.23. The van der Waals surface area contributed by atoms with Crippen LogP contribution in [0, 0.1) is 0 Å². The van der Waals surface area contributed by atoms with Gasteiger partial charge in [-0.05, 0) is 123 Å². The first-order valence-electron chi connectivity index (χ1n) is 23.4. The molecule has 17 heteroatoms. The molecule has 4 aromatic rings. The van der Waals surface area contributed by atoms with E-state index in [-0.39, 0.29) is 66.3 Å². The molecule has 0 saturated carbocycles. The van der Waals surface area contributed by atoms with Gasteiger partial charge in [-0.15, -0.1) is 12.4 Å². The van der Waals surface area contributed by atoms with Crippen LogP contribution < -0.4 is 16.0 Å². The number of carbonyl (C=O) groups excluding carboxylic acids is 7. The molecular formula is C52H56ClF3N6O7. The second-order valence-corrected chi connectivity index (χ2v) is 18.2. The van der Waals surface area contributed by atoms with Gasteiger partial charge in [0.2, 0.25) is 23.6 Å². The van der Waals surface area contributed by atoms with Gasteiger partial charge < -0.3 is 15.1 Å². The van der Waals surface area contributed by atoms with Crippen LogP contribution in [0.1, 0.15) is 135 Å². The van der Waals surface area contributed by atoms with Crippen molar-refractivity contribution in [3.63, 3.8) is 0 Å². The maximum absolute atomic E-state index is 12.9. The van der Waals surface area contributed by atoms with E-state index in [0.717, 1.165) is 75.1 Å². The lowest BCUT2D eigenvalue weighted by atomic mass is 9.87. The van der Waals surface area contributed by atoms with Gasteiger partial charge in [0.15, 0.2) is 0 Å². The van der Waals surface area contributed by atoms with Crippen molar-refractivity contribution in [3.05, 3.63) is 142 Å². The smallest absolute Gasteiger partial charge is 0.322 e. The number of imide groups is 2. The lowest BCUT2D eigenvalue weighted by Crippen LogP contribution is -2.52. The van der Waals surface area contributed by atoms with Crippen molar-refractivity contribution in [2.24, 2.45) is 0 Å². The minimum Gasteiger partial charge on any atom is -0.322 e. The molecule has 6 heterocycles. The van der Waals surface area contributed by atoms with Gasteiger partial charge >= 0.3 is 6.18 Å². The summed E-state index contributed by atoms with van der Waals surface area (Å²) in [4.78, 5) is 89.0. The monoisotopic (exact) mass is 968 g/mol. The lowest BCUT2D eigenvalue weighted by Gasteiger charge is -2.36. The highest BCUT2D eigenvalue weighted by Crippen LogP contribution is 2.36. The van der Waals surface area contributed by atoms with Crippen LogP contribution in [0.4, 0.5) is 13.2 Å². The molecule has 0 aliphatic carbocycles. The molecule has 6 aliphatic heterocycles. The molecule has 4 fully saturated rings. The topological polar surface area (TPSA) is 165 Å². The number of likely N-dealkylation sites (tertiary alicyclic amines) is 1. The normalized spacial score (nSPS) is 21.4. The molecule has 0 aromatic heterocycles. The Bertz CT molecular complexity index is 2570. The molecule has 6 aliphatic rings. The van der Waals surface area contributed by atoms with Crippen LogP contribution in [0.5, 0.6) is 0 Å². The first kappa shape index (κ1) is 50.6. The summed E-state index contributed by atoms with van der Waals surface area (Å²) in [7, 11) is 0.